The Morgan fingerprint density at radius 2 is 1.95 bits per heavy atom. The van der Waals surface area contributed by atoms with Crippen LogP contribution in [0.4, 0.5) is 0 Å². The molecular formula is C13H7Cl2N3O2. The van der Waals surface area contributed by atoms with Crippen LogP contribution in [-0.4, -0.2) is 26.1 Å². The van der Waals surface area contributed by atoms with Gasteiger partial charge in [0.25, 0.3) is 0 Å². The number of aromatic carboxylic acids is 1. The summed E-state index contributed by atoms with van der Waals surface area (Å²) in [4.78, 5) is 11.3. The summed E-state index contributed by atoms with van der Waals surface area (Å²) in [5.74, 6) is -1.04. The van der Waals surface area contributed by atoms with Crippen molar-refractivity contribution in [3.05, 3.63) is 52.0 Å². The fourth-order valence-corrected chi connectivity index (χ4v) is 2.23. The van der Waals surface area contributed by atoms with Crippen LogP contribution in [0.2, 0.25) is 10.0 Å². The second kappa shape index (κ2) is 4.77. The lowest BCUT2D eigenvalue weighted by Gasteiger charge is -2.05. The lowest BCUT2D eigenvalue weighted by atomic mass is 10.2. The van der Waals surface area contributed by atoms with Gasteiger partial charge in [-0.3, -0.25) is 0 Å². The van der Waals surface area contributed by atoms with Crippen molar-refractivity contribution in [1.29, 1.82) is 0 Å². The van der Waals surface area contributed by atoms with Gasteiger partial charge in [0.1, 0.15) is 11.0 Å². The fraction of sp³-hybridized carbons (Fsp3) is 0. The van der Waals surface area contributed by atoms with E-state index in [-0.39, 0.29) is 5.56 Å². The van der Waals surface area contributed by atoms with E-state index in [0.29, 0.717) is 26.8 Å². The SMILES string of the molecule is O=C(O)c1cccc2nnn(-c3ccc(Cl)c(Cl)c3)c12. The third-order valence-corrected chi connectivity index (χ3v) is 3.59. The first-order valence-electron chi connectivity index (χ1n) is 5.61. The molecule has 0 saturated carbocycles. The molecule has 1 aromatic heterocycles. The van der Waals surface area contributed by atoms with E-state index in [4.69, 9.17) is 23.2 Å². The number of nitrogens with zero attached hydrogens (tertiary/aromatic N) is 3. The highest BCUT2D eigenvalue weighted by molar-refractivity contribution is 6.42. The molecule has 0 amide bonds. The quantitative estimate of drug-likeness (QED) is 0.787. The van der Waals surface area contributed by atoms with E-state index >= 15 is 0 Å². The zero-order valence-electron chi connectivity index (χ0n) is 9.92. The molecule has 5 nitrogen and oxygen atoms in total. The van der Waals surface area contributed by atoms with Crippen LogP contribution in [0, 0.1) is 0 Å². The number of carboxylic acids is 1. The average Bonchev–Trinajstić information content (AvgIpc) is 2.85. The molecule has 0 spiro atoms. The van der Waals surface area contributed by atoms with Crippen molar-refractivity contribution in [2.45, 2.75) is 0 Å². The molecule has 0 radical (unpaired) electrons. The largest absolute Gasteiger partial charge is 0.478 e. The van der Waals surface area contributed by atoms with Gasteiger partial charge >= 0.3 is 5.97 Å². The van der Waals surface area contributed by atoms with Crippen LogP contribution in [0.25, 0.3) is 16.7 Å². The maximum atomic E-state index is 11.3. The van der Waals surface area contributed by atoms with Crippen molar-refractivity contribution in [2.24, 2.45) is 0 Å². The first-order valence-corrected chi connectivity index (χ1v) is 6.36. The summed E-state index contributed by atoms with van der Waals surface area (Å²) in [7, 11) is 0. The summed E-state index contributed by atoms with van der Waals surface area (Å²) < 4.78 is 1.43. The molecule has 0 unspecified atom stereocenters. The van der Waals surface area contributed by atoms with E-state index in [1.807, 2.05) is 0 Å². The van der Waals surface area contributed by atoms with Gasteiger partial charge in [-0.15, -0.1) is 5.10 Å². The van der Waals surface area contributed by atoms with Crippen molar-refractivity contribution in [1.82, 2.24) is 15.0 Å². The van der Waals surface area contributed by atoms with Crippen LogP contribution in [0.15, 0.2) is 36.4 Å². The second-order valence-corrected chi connectivity index (χ2v) is 4.89. The topological polar surface area (TPSA) is 68.0 Å². The molecule has 0 atom stereocenters. The van der Waals surface area contributed by atoms with Gasteiger partial charge in [0, 0.05) is 0 Å². The van der Waals surface area contributed by atoms with Crippen LogP contribution in [0.5, 0.6) is 0 Å². The zero-order valence-corrected chi connectivity index (χ0v) is 11.4. The molecule has 1 N–H and O–H groups in total. The Bertz CT molecular complexity index is 830. The average molecular weight is 308 g/mol. The van der Waals surface area contributed by atoms with Gasteiger partial charge in [-0.05, 0) is 30.3 Å². The van der Waals surface area contributed by atoms with Crippen molar-refractivity contribution < 1.29 is 9.90 Å². The molecule has 2 aromatic carbocycles. The van der Waals surface area contributed by atoms with E-state index in [9.17, 15) is 9.90 Å². The van der Waals surface area contributed by atoms with E-state index in [2.05, 4.69) is 10.3 Å². The molecule has 3 rings (SSSR count). The monoisotopic (exact) mass is 307 g/mol. The molecule has 20 heavy (non-hydrogen) atoms. The molecule has 0 aliphatic heterocycles. The van der Waals surface area contributed by atoms with Crippen LogP contribution in [-0.2, 0) is 0 Å². The summed E-state index contributed by atoms with van der Waals surface area (Å²) >= 11 is 11.8. The maximum absolute atomic E-state index is 11.3. The summed E-state index contributed by atoms with van der Waals surface area (Å²) in [5.41, 5.74) is 1.63. The number of carbonyl (C=O) groups is 1. The number of hydrogen-bond donors (Lipinski definition) is 1. The van der Waals surface area contributed by atoms with E-state index < -0.39 is 5.97 Å². The molecule has 1 heterocycles. The minimum Gasteiger partial charge on any atom is -0.478 e. The predicted octanol–water partition coefficient (Wildman–Crippen LogP) is 3.43. The van der Waals surface area contributed by atoms with Gasteiger partial charge < -0.3 is 5.11 Å². The molecule has 0 aliphatic rings. The van der Waals surface area contributed by atoms with E-state index in [1.165, 1.54) is 10.7 Å². The Labute approximate surface area is 123 Å². The molecule has 0 saturated heterocycles. The van der Waals surface area contributed by atoms with Gasteiger partial charge in [-0.2, -0.15) is 0 Å². The number of fused-ring (bicyclic) bond motifs is 1. The normalized spacial score (nSPS) is 10.9. The van der Waals surface area contributed by atoms with Gasteiger partial charge in [-0.25, -0.2) is 9.48 Å². The smallest absolute Gasteiger partial charge is 0.337 e. The number of benzene rings is 2. The highest BCUT2D eigenvalue weighted by atomic mass is 35.5. The Morgan fingerprint density at radius 1 is 1.15 bits per heavy atom. The lowest BCUT2D eigenvalue weighted by Crippen LogP contribution is -2.03. The van der Waals surface area contributed by atoms with Crippen molar-refractivity contribution in [2.75, 3.05) is 0 Å². The van der Waals surface area contributed by atoms with Crippen LogP contribution >= 0.6 is 23.2 Å². The molecule has 3 aromatic rings. The Hall–Kier alpha value is -2.11. The van der Waals surface area contributed by atoms with Crippen molar-refractivity contribution in [3.63, 3.8) is 0 Å². The fourth-order valence-electron chi connectivity index (χ4n) is 1.94. The minimum absolute atomic E-state index is 0.124. The Morgan fingerprint density at radius 3 is 2.65 bits per heavy atom. The number of rotatable bonds is 2. The molecule has 0 bridgehead atoms. The minimum atomic E-state index is -1.04. The number of hydrogen-bond acceptors (Lipinski definition) is 3. The third-order valence-electron chi connectivity index (χ3n) is 2.85. The molecular weight excluding hydrogens is 301 g/mol. The number of carboxylic acid groups (broad SMARTS) is 1. The lowest BCUT2D eigenvalue weighted by molar-refractivity contribution is 0.0698. The standard InChI is InChI=1S/C13H7Cl2N3O2/c14-9-5-4-7(6-10(9)15)18-12-8(13(19)20)2-1-3-11(12)16-17-18/h1-6H,(H,19,20). The third kappa shape index (κ3) is 2.01. The highest BCUT2D eigenvalue weighted by Crippen LogP contribution is 2.26. The molecule has 100 valence electrons. The second-order valence-electron chi connectivity index (χ2n) is 4.08. The summed E-state index contributed by atoms with van der Waals surface area (Å²) in [6.45, 7) is 0. The summed E-state index contributed by atoms with van der Waals surface area (Å²) in [5, 5.41) is 18.0. The summed E-state index contributed by atoms with van der Waals surface area (Å²) in [6.07, 6.45) is 0. The van der Waals surface area contributed by atoms with E-state index in [0.717, 1.165) is 0 Å². The van der Waals surface area contributed by atoms with Gasteiger partial charge in [0.15, 0.2) is 0 Å². The van der Waals surface area contributed by atoms with E-state index in [1.54, 1.807) is 30.3 Å². The van der Waals surface area contributed by atoms with Gasteiger partial charge in [0.05, 0.1) is 21.3 Å². The first kappa shape index (κ1) is 12.9. The first-order chi connectivity index (χ1) is 9.58. The Balaban J connectivity index is 2.31. The maximum Gasteiger partial charge on any atom is 0.337 e. The van der Waals surface area contributed by atoms with Gasteiger partial charge in [-0.1, -0.05) is 34.5 Å². The molecule has 0 fully saturated rings. The van der Waals surface area contributed by atoms with Gasteiger partial charge in [0.2, 0.25) is 0 Å². The molecule has 0 aliphatic carbocycles. The number of aromatic nitrogens is 3. The van der Waals surface area contributed by atoms with Crippen LogP contribution in [0.1, 0.15) is 10.4 Å². The summed E-state index contributed by atoms with van der Waals surface area (Å²) in [6, 6.07) is 9.75. The van der Waals surface area contributed by atoms with Crippen molar-refractivity contribution >= 4 is 40.2 Å². The number of para-hydroxylation sites is 1. The van der Waals surface area contributed by atoms with Crippen molar-refractivity contribution in [3.8, 4) is 5.69 Å². The van der Waals surface area contributed by atoms with Crippen LogP contribution in [0.3, 0.4) is 0 Å². The molecule has 7 heteroatoms. The predicted molar refractivity (Wildman–Crippen MR) is 75.8 cm³/mol. The zero-order chi connectivity index (χ0) is 14.3. The van der Waals surface area contributed by atoms with Crippen LogP contribution < -0.4 is 0 Å². The highest BCUT2D eigenvalue weighted by Gasteiger charge is 2.16. The Kier molecular flexibility index (Phi) is 3.08. The number of halogens is 2.